The number of para-hydroxylation sites is 1. The zero-order valence-corrected chi connectivity index (χ0v) is 20.7. The van der Waals surface area contributed by atoms with Crippen molar-refractivity contribution >= 4 is 17.2 Å². The highest BCUT2D eigenvalue weighted by Gasteiger charge is 2.64. The van der Waals surface area contributed by atoms with Crippen LogP contribution in [0.15, 0.2) is 60.0 Å². The Balaban J connectivity index is 1.78. The molecule has 8 heteroatoms. The number of aryl methyl sites for hydroxylation is 1. The maximum Gasteiger partial charge on any atom is 0.248 e. The molecule has 0 aliphatic carbocycles. The van der Waals surface area contributed by atoms with Gasteiger partial charge in [-0.25, -0.2) is 4.68 Å². The lowest BCUT2D eigenvalue weighted by atomic mass is 9.68. The standard InChI is InChI=1S/C28H25N5O3/c1-15-13-27(3,4)32-23-19(15)11-18(35-5)12-20(23)28(26(32)34)21(14-29)24(30)36-25-22(28)16(2)31-33(25)17-9-7-6-8-10-17/h6-13H,30H2,1-5H3/t28-/m0/s1. The number of rotatable bonds is 2. The topological polar surface area (TPSA) is 106 Å². The minimum atomic E-state index is -1.53. The number of amides is 1. The molecule has 2 N–H and O–H groups in total. The van der Waals surface area contributed by atoms with Crippen LogP contribution in [0.4, 0.5) is 5.69 Å². The fourth-order valence-electron chi connectivity index (χ4n) is 6.02. The van der Waals surface area contributed by atoms with E-state index in [2.05, 4.69) is 12.1 Å². The number of methoxy groups -OCH3 is 1. The molecular weight excluding hydrogens is 454 g/mol. The van der Waals surface area contributed by atoms with Crippen molar-refractivity contribution in [1.29, 1.82) is 5.26 Å². The van der Waals surface area contributed by atoms with Crippen LogP contribution in [-0.2, 0) is 10.2 Å². The molecule has 3 aromatic rings. The van der Waals surface area contributed by atoms with Crippen LogP contribution in [0.25, 0.3) is 11.3 Å². The summed E-state index contributed by atoms with van der Waals surface area (Å²) in [4.78, 5) is 16.6. The average molecular weight is 480 g/mol. The molecule has 0 fully saturated rings. The zero-order valence-electron chi connectivity index (χ0n) is 20.7. The summed E-state index contributed by atoms with van der Waals surface area (Å²) in [7, 11) is 1.59. The van der Waals surface area contributed by atoms with Crippen molar-refractivity contribution in [3.63, 3.8) is 0 Å². The Kier molecular flexibility index (Phi) is 4.28. The molecule has 0 bridgehead atoms. The summed E-state index contributed by atoms with van der Waals surface area (Å²) < 4.78 is 13.4. The van der Waals surface area contributed by atoms with E-state index in [1.54, 1.807) is 16.7 Å². The van der Waals surface area contributed by atoms with Crippen molar-refractivity contribution in [3.05, 3.63) is 82.4 Å². The summed E-state index contributed by atoms with van der Waals surface area (Å²) in [5, 5.41) is 15.2. The van der Waals surface area contributed by atoms with Crippen LogP contribution in [0, 0.1) is 18.3 Å². The third-order valence-corrected chi connectivity index (χ3v) is 7.38. The molecule has 2 aromatic carbocycles. The lowest BCUT2D eigenvalue weighted by molar-refractivity contribution is -0.121. The highest BCUT2D eigenvalue weighted by atomic mass is 16.5. The highest BCUT2D eigenvalue weighted by molar-refractivity contribution is 6.18. The molecule has 0 saturated heterocycles. The first-order valence-corrected chi connectivity index (χ1v) is 11.7. The number of anilines is 1. The zero-order chi connectivity index (χ0) is 25.6. The molecule has 3 aliphatic heterocycles. The lowest BCUT2D eigenvalue weighted by Gasteiger charge is -2.40. The number of hydrogen-bond acceptors (Lipinski definition) is 6. The molecule has 6 rings (SSSR count). The van der Waals surface area contributed by atoms with Crippen LogP contribution in [0.3, 0.4) is 0 Å². The third-order valence-electron chi connectivity index (χ3n) is 7.38. The molecule has 8 nitrogen and oxygen atoms in total. The van der Waals surface area contributed by atoms with Gasteiger partial charge < -0.3 is 20.1 Å². The summed E-state index contributed by atoms with van der Waals surface area (Å²) in [5.41, 5.74) is 9.44. The molecule has 36 heavy (non-hydrogen) atoms. The van der Waals surface area contributed by atoms with E-state index in [0.29, 0.717) is 28.5 Å². The number of nitriles is 1. The first-order valence-electron chi connectivity index (χ1n) is 11.7. The third kappa shape index (κ3) is 2.47. The largest absolute Gasteiger partial charge is 0.497 e. The van der Waals surface area contributed by atoms with Crippen LogP contribution < -0.4 is 20.1 Å². The van der Waals surface area contributed by atoms with Crippen LogP contribution in [0.5, 0.6) is 11.6 Å². The van der Waals surface area contributed by atoms with Gasteiger partial charge in [-0.15, -0.1) is 0 Å². The van der Waals surface area contributed by atoms with Crippen LogP contribution >= 0.6 is 0 Å². The van der Waals surface area contributed by atoms with Gasteiger partial charge in [-0.3, -0.25) is 4.79 Å². The Morgan fingerprint density at radius 1 is 1.17 bits per heavy atom. The number of hydrogen-bond donors (Lipinski definition) is 1. The van der Waals surface area contributed by atoms with Gasteiger partial charge in [0.25, 0.3) is 0 Å². The molecular formula is C28H25N5O3. The molecule has 0 unspecified atom stereocenters. The Morgan fingerprint density at radius 3 is 2.56 bits per heavy atom. The number of fused-ring (bicyclic) bond motifs is 3. The number of ether oxygens (including phenoxy) is 2. The molecule has 180 valence electrons. The molecule has 0 radical (unpaired) electrons. The highest BCUT2D eigenvalue weighted by Crippen LogP contribution is 2.61. The van der Waals surface area contributed by atoms with Gasteiger partial charge in [-0.05, 0) is 57.5 Å². The second-order valence-electron chi connectivity index (χ2n) is 9.91. The van der Waals surface area contributed by atoms with E-state index in [1.807, 2.05) is 70.2 Å². The van der Waals surface area contributed by atoms with Gasteiger partial charge >= 0.3 is 0 Å². The van der Waals surface area contributed by atoms with Gasteiger partial charge in [-0.2, -0.15) is 10.4 Å². The van der Waals surface area contributed by atoms with E-state index in [4.69, 9.17) is 20.3 Å². The SMILES string of the molecule is COc1cc2c3c(c1)[C@]1(C(=O)N3C(C)(C)C=C2C)C(C#N)=C(N)Oc2c1c(C)nn2-c1ccccc1. The smallest absolute Gasteiger partial charge is 0.248 e. The van der Waals surface area contributed by atoms with Crippen LogP contribution in [0.2, 0.25) is 0 Å². The van der Waals surface area contributed by atoms with E-state index in [9.17, 15) is 10.1 Å². The summed E-state index contributed by atoms with van der Waals surface area (Å²) in [6.45, 7) is 7.83. The molecule has 0 saturated carbocycles. The molecule has 4 heterocycles. The summed E-state index contributed by atoms with van der Waals surface area (Å²) in [6.07, 6.45) is 2.06. The molecule has 1 atom stereocenters. The van der Waals surface area contributed by atoms with Crippen LogP contribution in [0.1, 0.15) is 43.2 Å². The van der Waals surface area contributed by atoms with Crippen molar-refractivity contribution in [2.24, 2.45) is 5.73 Å². The van der Waals surface area contributed by atoms with Crippen molar-refractivity contribution in [1.82, 2.24) is 9.78 Å². The van der Waals surface area contributed by atoms with Crippen LogP contribution in [-0.4, -0.2) is 28.3 Å². The molecule has 1 aromatic heterocycles. The minimum absolute atomic E-state index is 0.0500. The number of nitrogens with two attached hydrogens (primary N) is 1. The van der Waals surface area contributed by atoms with Gasteiger partial charge in [0.15, 0.2) is 0 Å². The molecule has 1 spiro atoms. The predicted molar refractivity (Wildman–Crippen MR) is 135 cm³/mol. The molecule has 3 aliphatic rings. The van der Waals surface area contributed by atoms with Crippen molar-refractivity contribution in [2.45, 2.75) is 38.6 Å². The molecule has 1 amide bonds. The monoisotopic (exact) mass is 479 g/mol. The van der Waals surface area contributed by atoms with E-state index in [-0.39, 0.29) is 17.4 Å². The van der Waals surface area contributed by atoms with Crippen molar-refractivity contribution in [3.8, 4) is 23.4 Å². The lowest BCUT2D eigenvalue weighted by Crippen LogP contribution is -2.53. The average Bonchev–Trinajstić information content (AvgIpc) is 3.31. The normalized spacial score (nSPS) is 21.1. The van der Waals surface area contributed by atoms with Gasteiger partial charge in [-0.1, -0.05) is 24.3 Å². The first kappa shape index (κ1) is 22.0. The summed E-state index contributed by atoms with van der Waals surface area (Å²) in [6, 6.07) is 15.5. The summed E-state index contributed by atoms with van der Waals surface area (Å²) in [5.74, 6) is 0.527. The first-order chi connectivity index (χ1) is 17.2. The number of aromatic nitrogens is 2. The number of benzene rings is 2. The summed E-state index contributed by atoms with van der Waals surface area (Å²) >= 11 is 0. The number of carbonyl (C=O) groups excluding carboxylic acids is 1. The maximum atomic E-state index is 14.8. The van der Waals surface area contributed by atoms with E-state index in [1.165, 1.54) is 0 Å². The van der Waals surface area contributed by atoms with E-state index < -0.39 is 11.0 Å². The van der Waals surface area contributed by atoms with Gasteiger partial charge in [0, 0.05) is 11.1 Å². The van der Waals surface area contributed by atoms with Gasteiger partial charge in [0.05, 0.1) is 35.3 Å². The van der Waals surface area contributed by atoms with E-state index in [0.717, 1.165) is 22.5 Å². The fourth-order valence-corrected chi connectivity index (χ4v) is 6.02. The second-order valence-corrected chi connectivity index (χ2v) is 9.91. The Labute approximate surface area is 208 Å². The number of carbonyl (C=O) groups is 1. The van der Waals surface area contributed by atoms with Crippen molar-refractivity contribution < 1.29 is 14.3 Å². The van der Waals surface area contributed by atoms with Crippen molar-refractivity contribution in [2.75, 3.05) is 12.0 Å². The van der Waals surface area contributed by atoms with Gasteiger partial charge in [0.2, 0.25) is 17.7 Å². The fraction of sp³-hybridized carbons (Fsp3) is 0.250. The predicted octanol–water partition coefficient (Wildman–Crippen LogP) is 4.10. The van der Waals surface area contributed by atoms with Gasteiger partial charge in [0.1, 0.15) is 22.8 Å². The Hall–Kier alpha value is -4.51. The Morgan fingerprint density at radius 2 is 1.89 bits per heavy atom. The van der Waals surface area contributed by atoms with E-state index >= 15 is 0 Å². The maximum absolute atomic E-state index is 14.8. The minimum Gasteiger partial charge on any atom is -0.497 e. The number of allylic oxidation sites excluding steroid dienone is 1. The number of nitrogens with zero attached hydrogens (tertiary/aromatic N) is 4. The Bertz CT molecular complexity index is 1590. The second kappa shape index (κ2) is 7.01. The quantitative estimate of drug-likeness (QED) is 0.593.